The number of nitro benzene ring substituents is 1. The average Bonchev–Trinajstić information content (AvgIpc) is 2.68. The lowest BCUT2D eigenvalue weighted by Crippen LogP contribution is -3.11. The zero-order valence-electron chi connectivity index (χ0n) is 16.4. The molecule has 0 spiro atoms. The molecule has 0 radical (unpaired) electrons. The van der Waals surface area contributed by atoms with E-state index in [1.165, 1.54) is 37.1 Å². The van der Waals surface area contributed by atoms with E-state index in [1.54, 1.807) is 7.05 Å². The van der Waals surface area contributed by atoms with Crippen molar-refractivity contribution in [3.05, 3.63) is 52.6 Å². The molecule has 3 N–H and O–H groups in total. The van der Waals surface area contributed by atoms with Crippen LogP contribution in [0.1, 0.15) is 0 Å². The molecule has 1 atom stereocenters. The Bertz CT molecular complexity index is 906. The van der Waals surface area contributed by atoms with E-state index >= 15 is 0 Å². The maximum Gasteiger partial charge on any atom is 0.296 e. The molecule has 0 aliphatic carbocycles. The predicted octanol–water partition coefficient (Wildman–Crippen LogP) is 1.42. The third-order valence-electron chi connectivity index (χ3n) is 3.98. The summed E-state index contributed by atoms with van der Waals surface area (Å²) in [5.41, 5.74) is 0.532. The number of hydrogen-bond donors (Lipinski definition) is 3. The van der Waals surface area contributed by atoms with Crippen molar-refractivity contribution >= 4 is 40.6 Å². The van der Waals surface area contributed by atoms with Crippen molar-refractivity contribution < 1.29 is 24.1 Å². The van der Waals surface area contributed by atoms with Crippen molar-refractivity contribution in [2.24, 2.45) is 0 Å². The van der Waals surface area contributed by atoms with Gasteiger partial charge in [-0.15, -0.1) is 11.8 Å². The van der Waals surface area contributed by atoms with Crippen molar-refractivity contribution in [1.82, 2.24) is 0 Å². The first kappa shape index (κ1) is 22.2. The molecule has 2 amide bonds. The van der Waals surface area contributed by atoms with Crippen LogP contribution in [0.5, 0.6) is 5.75 Å². The molecule has 0 bridgehead atoms. The molecular formula is C19H23N4O5S+. The molecule has 0 saturated carbocycles. The van der Waals surface area contributed by atoms with Crippen molar-refractivity contribution in [1.29, 1.82) is 0 Å². The molecule has 2 aromatic carbocycles. The normalized spacial score (nSPS) is 11.4. The number of para-hydroxylation sites is 1. The number of likely N-dealkylation sites (N-methyl/N-ethyl adjacent to an activating group) is 1. The van der Waals surface area contributed by atoms with Gasteiger partial charge in [-0.1, -0.05) is 12.1 Å². The quantitative estimate of drug-likeness (QED) is 0.322. The molecule has 154 valence electrons. The van der Waals surface area contributed by atoms with Crippen LogP contribution in [0.15, 0.2) is 47.4 Å². The summed E-state index contributed by atoms with van der Waals surface area (Å²) >= 11 is 1.52. The van der Waals surface area contributed by atoms with Crippen LogP contribution in [-0.2, 0) is 9.59 Å². The minimum Gasteiger partial charge on any atom is -0.496 e. The monoisotopic (exact) mass is 419 g/mol. The van der Waals surface area contributed by atoms with Crippen LogP contribution in [0, 0.1) is 10.1 Å². The average molecular weight is 419 g/mol. The number of hydrogen-bond acceptors (Lipinski definition) is 6. The lowest BCUT2D eigenvalue weighted by atomic mass is 10.2. The highest BCUT2D eigenvalue weighted by Crippen LogP contribution is 2.28. The van der Waals surface area contributed by atoms with Crippen LogP contribution in [-0.4, -0.2) is 50.2 Å². The number of quaternary nitrogens is 1. The van der Waals surface area contributed by atoms with Gasteiger partial charge >= 0.3 is 0 Å². The van der Waals surface area contributed by atoms with E-state index in [0.29, 0.717) is 10.6 Å². The second-order valence-electron chi connectivity index (χ2n) is 6.25. The number of methoxy groups -OCH3 is 1. The van der Waals surface area contributed by atoms with Gasteiger partial charge < -0.3 is 20.3 Å². The zero-order chi connectivity index (χ0) is 21.4. The fourth-order valence-corrected chi connectivity index (χ4v) is 3.20. The molecule has 0 heterocycles. The summed E-state index contributed by atoms with van der Waals surface area (Å²) < 4.78 is 4.97. The summed E-state index contributed by atoms with van der Waals surface area (Å²) in [5, 5.41) is 16.6. The Hall–Kier alpha value is -3.11. The topological polar surface area (TPSA) is 115 Å². The number of benzene rings is 2. The molecule has 10 heteroatoms. The van der Waals surface area contributed by atoms with Gasteiger partial charge in [0.2, 0.25) is 0 Å². The predicted molar refractivity (Wildman–Crippen MR) is 112 cm³/mol. The van der Waals surface area contributed by atoms with Crippen molar-refractivity contribution in [2.45, 2.75) is 4.90 Å². The number of carbonyl (C=O) groups is 2. The van der Waals surface area contributed by atoms with Gasteiger partial charge in [0.1, 0.15) is 11.4 Å². The maximum absolute atomic E-state index is 12.3. The van der Waals surface area contributed by atoms with Crippen LogP contribution in [0.25, 0.3) is 0 Å². The van der Waals surface area contributed by atoms with Crippen molar-refractivity contribution in [3.8, 4) is 5.75 Å². The number of nitrogens with zero attached hydrogens (tertiary/aromatic N) is 1. The second-order valence-corrected chi connectivity index (χ2v) is 7.10. The highest BCUT2D eigenvalue weighted by Gasteiger charge is 2.20. The molecule has 9 nitrogen and oxygen atoms in total. The van der Waals surface area contributed by atoms with Gasteiger partial charge in [-0.05, 0) is 30.5 Å². The Labute approximate surface area is 172 Å². The molecule has 0 aliphatic heterocycles. The molecule has 2 rings (SSSR count). The summed E-state index contributed by atoms with van der Waals surface area (Å²) in [6, 6.07) is 11.6. The molecule has 1 unspecified atom stereocenters. The largest absolute Gasteiger partial charge is 0.496 e. The van der Waals surface area contributed by atoms with Crippen LogP contribution in [0.2, 0.25) is 0 Å². The lowest BCUT2D eigenvalue weighted by molar-refractivity contribution is -0.862. The first-order valence-corrected chi connectivity index (χ1v) is 9.93. The Kier molecular flexibility index (Phi) is 7.98. The number of carbonyl (C=O) groups excluding carboxylic acids is 2. The van der Waals surface area contributed by atoms with E-state index in [-0.39, 0.29) is 30.4 Å². The Morgan fingerprint density at radius 3 is 2.31 bits per heavy atom. The van der Waals surface area contributed by atoms with Crippen molar-refractivity contribution in [2.75, 3.05) is 44.1 Å². The molecule has 0 saturated heterocycles. The summed E-state index contributed by atoms with van der Waals surface area (Å²) in [4.78, 5) is 36.7. The van der Waals surface area contributed by atoms with E-state index in [4.69, 9.17) is 4.74 Å². The SMILES string of the molecule is COc1ccc(NC(=O)C[NH+](C)CC(=O)Nc2ccccc2SC)c([N+](=O)[O-])c1. The van der Waals surface area contributed by atoms with E-state index < -0.39 is 10.8 Å². The number of thioether (sulfide) groups is 1. The van der Waals surface area contributed by atoms with Crippen LogP contribution in [0.4, 0.5) is 17.1 Å². The third kappa shape index (κ3) is 6.47. The summed E-state index contributed by atoms with van der Waals surface area (Å²) in [6.45, 7) is 0.0433. The third-order valence-corrected chi connectivity index (χ3v) is 4.78. The first-order chi connectivity index (χ1) is 13.8. The molecular weight excluding hydrogens is 396 g/mol. The van der Waals surface area contributed by atoms with E-state index in [0.717, 1.165) is 10.6 Å². The number of nitro groups is 1. The van der Waals surface area contributed by atoms with Crippen LogP contribution >= 0.6 is 11.8 Å². The maximum atomic E-state index is 12.3. The van der Waals surface area contributed by atoms with Gasteiger partial charge in [0, 0.05) is 4.90 Å². The molecule has 2 aromatic rings. The second kappa shape index (κ2) is 10.4. The van der Waals surface area contributed by atoms with Crippen molar-refractivity contribution in [3.63, 3.8) is 0 Å². The standard InChI is InChI=1S/C19H22N4O5S/c1-22(12-19(25)21-15-6-4-5-7-17(15)29-3)11-18(24)20-14-9-8-13(28-2)10-16(14)23(26)27/h4-10H,11-12H2,1-3H3,(H,20,24)(H,21,25)/p+1. The minimum atomic E-state index is -0.592. The fraction of sp³-hybridized carbons (Fsp3) is 0.263. The number of amides is 2. The summed E-state index contributed by atoms with van der Waals surface area (Å²) in [7, 11) is 3.10. The van der Waals surface area contributed by atoms with E-state index in [1.807, 2.05) is 30.5 Å². The summed E-state index contributed by atoms with van der Waals surface area (Å²) in [5.74, 6) is -0.347. The Morgan fingerprint density at radius 1 is 1.10 bits per heavy atom. The number of nitrogens with one attached hydrogen (secondary N) is 3. The Balaban J connectivity index is 1.94. The van der Waals surface area contributed by atoms with Gasteiger partial charge in [0.15, 0.2) is 13.1 Å². The molecule has 29 heavy (non-hydrogen) atoms. The van der Waals surface area contributed by atoms with E-state index in [2.05, 4.69) is 10.6 Å². The summed E-state index contributed by atoms with van der Waals surface area (Å²) in [6.07, 6.45) is 1.92. The van der Waals surface area contributed by atoms with Gasteiger partial charge in [0.25, 0.3) is 17.5 Å². The lowest BCUT2D eigenvalue weighted by Gasteiger charge is -2.15. The number of ether oxygens (including phenoxy) is 1. The van der Waals surface area contributed by atoms with Gasteiger partial charge in [0.05, 0.1) is 30.8 Å². The van der Waals surface area contributed by atoms with Gasteiger partial charge in [-0.2, -0.15) is 0 Å². The smallest absolute Gasteiger partial charge is 0.296 e. The molecule has 0 fully saturated rings. The van der Waals surface area contributed by atoms with E-state index in [9.17, 15) is 19.7 Å². The molecule has 0 aliphatic rings. The molecule has 0 aromatic heterocycles. The minimum absolute atomic E-state index is 0.0270. The number of rotatable bonds is 9. The zero-order valence-corrected chi connectivity index (χ0v) is 17.2. The first-order valence-electron chi connectivity index (χ1n) is 8.70. The Morgan fingerprint density at radius 2 is 1.72 bits per heavy atom. The fourth-order valence-electron chi connectivity index (χ4n) is 2.64. The van der Waals surface area contributed by atoms with Gasteiger partial charge in [-0.3, -0.25) is 19.7 Å². The van der Waals surface area contributed by atoms with Gasteiger partial charge in [-0.25, -0.2) is 0 Å². The highest BCUT2D eigenvalue weighted by molar-refractivity contribution is 7.98. The van der Waals surface area contributed by atoms with Crippen LogP contribution in [0.3, 0.4) is 0 Å². The highest BCUT2D eigenvalue weighted by atomic mass is 32.2. The number of anilines is 2. The van der Waals surface area contributed by atoms with Crippen LogP contribution < -0.4 is 20.3 Å².